The maximum absolute atomic E-state index is 12.8. The van der Waals surface area contributed by atoms with Crippen LogP contribution in [-0.4, -0.2) is 153 Å². The van der Waals surface area contributed by atoms with Gasteiger partial charge in [0.15, 0.2) is 23.1 Å². The van der Waals surface area contributed by atoms with Gasteiger partial charge in [0.25, 0.3) is 0 Å². The van der Waals surface area contributed by atoms with Crippen molar-refractivity contribution in [3.05, 3.63) is 35.4 Å². The minimum Gasteiger partial charge on any atom is -0.379 e. The average Bonchev–Trinajstić information content (AvgIpc) is 1.33. The topological polar surface area (TPSA) is 226 Å². The summed E-state index contributed by atoms with van der Waals surface area (Å²) in [4.78, 5) is 87.6. The molecular formula is C106H197N5O12. The third-order valence-electron chi connectivity index (χ3n) is 26.4. The Hall–Kier alpha value is -3.81. The molecule has 16 atom stereocenters. The van der Waals surface area contributed by atoms with Crippen molar-refractivity contribution in [3.63, 3.8) is 0 Å². The summed E-state index contributed by atoms with van der Waals surface area (Å²) >= 11 is 0. The number of rotatable bonds is 50. The summed E-state index contributed by atoms with van der Waals surface area (Å²) in [7, 11) is 1.94. The number of fused-ring (bicyclic) bond motifs is 5. The van der Waals surface area contributed by atoms with E-state index in [9.17, 15) is 33.6 Å². The Balaban J connectivity index is 0.000000827. The molecule has 0 heterocycles. The molecule has 17 nitrogen and oxygen atoms in total. The van der Waals surface area contributed by atoms with E-state index in [1.807, 2.05) is 48.6 Å². The predicted molar refractivity (Wildman–Crippen MR) is 515 cm³/mol. The fourth-order valence-electron chi connectivity index (χ4n) is 19.9. The Kier molecular flexibility index (Phi) is 56.0. The van der Waals surface area contributed by atoms with Crippen molar-refractivity contribution < 1.29 is 57.2 Å². The molecule has 1 aromatic rings. The molecule has 14 unspecified atom stereocenters. The van der Waals surface area contributed by atoms with E-state index in [0.29, 0.717) is 95.6 Å². The van der Waals surface area contributed by atoms with Crippen LogP contribution in [0.3, 0.4) is 0 Å². The maximum Gasteiger partial charge on any atom is 0.220 e. The van der Waals surface area contributed by atoms with Crippen LogP contribution in [0.4, 0.5) is 0 Å². The monoisotopic (exact) mass is 1730 g/mol. The highest BCUT2D eigenvalue weighted by atomic mass is 16.5. The second kappa shape index (κ2) is 58.8. The van der Waals surface area contributed by atoms with Crippen LogP contribution in [0.5, 0.6) is 0 Å². The Morgan fingerprint density at radius 2 is 0.870 bits per heavy atom. The largest absolute Gasteiger partial charge is 0.379 e. The van der Waals surface area contributed by atoms with E-state index in [0.717, 1.165) is 68.1 Å². The third kappa shape index (κ3) is 42.8. The standard InChI is InChI=1S/C34H62O4.C30H53N3O6.C18H30.C12H26N2O.C12H26O/c1-20(2)35-19-24(9)27-12-13-28-32-29(18-31(34(27,28)11)38-23(7)8)33(10)15-14-26(36-21(3)4)16-25(33)17-30(32)37-22(5)6;1-17(2)25(34)14-11-23(29(38)19(5)6)32-27(36)16-13-24(30(39)20(7)8)33-26(35)15-12-22(31-21(9)10)28(37)18(3)4;1-13(2)11-18(12-14(3)4)17-9-7-16(8-10-17)15(5)6;1-9(2)12(15)11(14-10(3)4)7-6-8-13-5;1-9(2)7-12(10(3)4)8-13-11(5)6/h20-32H,12-19H2,1-11H3;17-24,31H,11-16H2,1-10H3,(H,32,36)(H,33,35);7-10,13-15,18H,11-12H2,1-6H3;9-11,13-14H,6-8H2,1-5H3;9-12H,7-8H2,1-6H3/t24-,25?,26?,27?,28?,29?,30?,31?,32?,33?,34?;;;11-;/m1..0./s1. The highest BCUT2D eigenvalue weighted by molar-refractivity contribution is 5.93. The normalized spacial score (nSPS) is 23.0. The van der Waals surface area contributed by atoms with Gasteiger partial charge in [0, 0.05) is 79.6 Å². The van der Waals surface area contributed by atoms with Crippen LogP contribution in [0.15, 0.2) is 24.3 Å². The minimum atomic E-state index is -0.859. The Morgan fingerprint density at radius 1 is 0.439 bits per heavy atom. The smallest absolute Gasteiger partial charge is 0.220 e. The van der Waals surface area contributed by atoms with E-state index in [-0.39, 0.29) is 127 Å². The molecule has 5 N–H and O–H groups in total. The number of ether oxygens (including phenoxy) is 5. The van der Waals surface area contributed by atoms with Gasteiger partial charge in [-0.15, -0.1) is 0 Å². The summed E-state index contributed by atoms with van der Waals surface area (Å²) < 4.78 is 32.1. The minimum absolute atomic E-state index is 0.0250. The molecule has 4 aliphatic carbocycles. The fourth-order valence-corrected chi connectivity index (χ4v) is 19.9. The van der Waals surface area contributed by atoms with Crippen LogP contribution < -0.4 is 26.6 Å². The Morgan fingerprint density at radius 3 is 1.28 bits per heavy atom. The number of amides is 2. The molecule has 4 aliphatic rings. The number of nitrogens with one attached hydrogen (secondary N) is 5. The highest BCUT2D eigenvalue weighted by Gasteiger charge is 2.67. The van der Waals surface area contributed by atoms with Gasteiger partial charge in [-0.25, -0.2) is 0 Å². The number of carbonyl (C=O) groups is 7. The molecular weight excluding hydrogens is 1540 g/mol. The summed E-state index contributed by atoms with van der Waals surface area (Å²) in [6.07, 6.45) is 17.9. The van der Waals surface area contributed by atoms with Crippen LogP contribution in [0.25, 0.3) is 0 Å². The van der Waals surface area contributed by atoms with Gasteiger partial charge < -0.3 is 50.3 Å². The molecule has 0 spiro atoms. The van der Waals surface area contributed by atoms with Gasteiger partial charge in [-0.2, -0.15) is 0 Å². The zero-order valence-electron chi connectivity index (χ0n) is 86.5. The van der Waals surface area contributed by atoms with Crippen molar-refractivity contribution in [2.24, 2.45) is 106 Å². The number of hydrogen-bond acceptors (Lipinski definition) is 15. The van der Waals surface area contributed by atoms with E-state index >= 15 is 0 Å². The molecule has 718 valence electrons. The molecule has 17 heteroatoms. The Bertz CT molecular complexity index is 3090. The first-order chi connectivity index (χ1) is 57.0. The van der Waals surface area contributed by atoms with Crippen molar-refractivity contribution in [2.75, 3.05) is 26.8 Å². The van der Waals surface area contributed by atoms with Gasteiger partial charge in [0.2, 0.25) is 11.8 Å². The molecule has 4 fully saturated rings. The first kappa shape index (κ1) is 117. The zero-order valence-corrected chi connectivity index (χ0v) is 86.5. The van der Waals surface area contributed by atoms with Crippen molar-refractivity contribution in [3.8, 4) is 0 Å². The van der Waals surface area contributed by atoms with E-state index in [1.54, 1.807) is 41.5 Å². The van der Waals surface area contributed by atoms with Gasteiger partial charge in [0.1, 0.15) is 5.78 Å². The van der Waals surface area contributed by atoms with E-state index in [4.69, 9.17) is 23.7 Å². The van der Waals surface area contributed by atoms with Gasteiger partial charge >= 0.3 is 0 Å². The van der Waals surface area contributed by atoms with Crippen molar-refractivity contribution in [1.29, 1.82) is 0 Å². The summed E-state index contributed by atoms with van der Waals surface area (Å²) in [6, 6.07) is 7.70. The van der Waals surface area contributed by atoms with Crippen molar-refractivity contribution in [2.45, 2.75) is 469 Å². The maximum atomic E-state index is 12.8. The van der Waals surface area contributed by atoms with E-state index in [2.05, 4.69) is 224 Å². The van der Waals surface area contributed by atoms with Crippen LogP contribution >= 0.6 is 0 Å². The van der Waals surface area contributed by atoms with Crippen LogP contribution in [0.1, 0.15) is 395 Å². The second-order valence-corrected chi connectivity index (χ2v) is 43.8. The van der Waals surface area contributed by atoms with Crippen LogP contribution in [0, 0.1) is 106 Å². The number of benzene rings is 1. The molecule has 2 amide bonds. The molecule has 0 radical (unpaired) electrons. The third-order valence-corrected chi connectivity index (χ3v) is 26.4. The second-order valence-electron chi connectivity index (χ2n) is 43.8. The van der Waals surface area contributed by atoms with Gasteiger partial charge in [-0.1, -0.05) is 211 Å². The molecule has 123 heavy (non-hydrogen) atoms. The molecule has 5 rings (SSSR count). The zero-order chi connectivity index (χ0) is 94.4. The van der Waals surface area contributed by atoms with Crippen LogP contribution in [0.2, 0.25) is 0 Å². The van der Waals surface area contributed by atoms with Crippen LogP contribution in [-0.2, 0) is 57.2 Å². The highest BCUT2D eigenvalue weighted by Crippen LogP contribution is 2.69. The quantitative estimate of drug-likeness (QED) is 0.0383. The van der Waals surface area contributed by atoms with E-state index in [1.165, 1.54) is 75.3 Å². The van der Waals surface area contributed by atoms with Gasteiger partial charge in [-0.3, -0.25) is 33.6 Å². The Labute approximate surface area is 756 Å². The molecule has 4 saturated carbocycles. The first-order valence-corrected chi connectivity index (χ1v) is 49.8. The molecule has 0 aliphatic heterocycles. The van der Waals surface area contributed by atoms with Gasteiger partial charge in [0.05, 0.1) is 73.0 Å². The predicted octanol–water partition coefficient (Wildman–Crippen LogP) is 23.2. The lowest BCUT2D eigenvalue weighted by Gasteiger charge is -2.65. The lowest BCUT2D eigenvalue weighted by atomic mass is 9.43. The van der Waals surface area contributed by atoms with Crippen molar-refractivity contribution >= 4 is 40.7 Å². The van der Waals surface area contributed by atoms with E-state index < -0.39 is 24.0 Å². The lowest BCUT2D eigenvalue weighted by Crippen LogP contribution is -2.63. The molecule has 0 aromatic heterocycles. The average molecular weight is 1730 g/mol. The lowest BCUT2D eigenvalue weighted by molar-refractivity contribution is -0.238. The molecule has 1 aromatic carbocycles. The molecule has 0 bridgehead atoms. The number of ketones is 5. The number of hydrogen-bond donors (Lipinski definition) is 5. The number of Topliss-reactive ketones (excluding diaryl/α,β-unsaturated/α-hetero) is 5. The summed E-state index contributed by atoms with van der Waals surface area (Å²) in [5, 5.41) is 15.2. The first-order valence-electron chi connectivity index (χ1n) is 49.8. The SMILES string of the molecule is CC(C)CC(CC(C)C)c1ccc(C(C)C)cc1.CC(C)CC(COC(C)C)C(C)C.CC(C)NC(CCC(=O)NC(CCC(=O)NC(CCC(=O)C(C)C)C(=O)C(C)C)C(=O)C(C)C)C(=O)C(C)C.CC(C)OC[C@@H](C)C1CCC2C3C(OC(C)C)CC4CC(OC(C)C)CCC4(C)C3CC(OC(C)C)C21C.CNCCC[C@H](NC(C)C)C(=O)C(C)C. The van der Waals surface area contributed by atoms with Gasteiger partial charge in [-0.05, 0) is 273 Å². The number of carbonyl (C=O) groups excluding carboxylic acids is 7. The fraction of sp³-hybridized carbons (Fsp3) is 0.877. The molecule has 0 saturated heterocycles. The summed E-state index contributed by atoms with van der Waals surface area (Å²) in [5.41, 5.74) is 3.50. The summed E-state index contributed by atoms with van der Waals surface area (Å²) in [6.45, 7) is 81.5. The van der Waals surface area contributed by atoms with Crippen molar-refractivity contribution in [1.82, 2.24) is 26.6 Å². The summed E-state index contributed by atoms with van der Waals surface area (Å²) in [5.74, 6) is 7.36.